The molecular weight excluding hydrogens is 412 g/mol. The molecule has 1 fully saturated rings. The minimum atomic E-state index is -0.671. The van der Waals surface area contributed by atoms with Crippen LogP contribution in [0.4, 0.5) is 0 Å². The van der Waals surface area contributed by atoms with Crippen LogP contribution < -0.4 is 5.32 Å². The van der Waals surface area contributed by atoms with E-state index >= 15 is 0 Å². The second-order valence-electron chi connectivity index (χ2n) is 9.30. The van der Waals surface area contributed by atoms with E-state index in [2.05, 4.69) is 59.7 Å². The highest BCUT2D eigenvalue weighted by Crippen LogP contribution is 2.35. The van der Waals surface area contributed by atoms with Crippen LogP contribution in [0.15, 0.2) is 60.7 Å². The van der Waals surface area contributed by atoms with Crippen molar-refractivity contribution in [3.8, 4) is 11.1 Å². The zero-order valence-corrected chi connectivity index (χ0v) is 19.6. The van der Waals surface area contributed by atoms with Crippen LogP contribution in [0.2, 0.25) is 0 Å². The standard InChI is InChI=1S/C27H32N4O2/c1-19(2)23-16-24(30-29-23)25(32)31-14-8-13-27(18-31,26(33)28-3)17-20-9-7-12-22(15-20)21-10-5-4-6-11-21/h4-7,9-12,15-16,19H,8,13-14,17-18H2,1-3H3,(H,28,33)(H,29,30)/t27-/m0/s1. The summed E-state index contributed by atoms with van der Waals surface area (Å²) in [6.07, 6.45) is 2.10. The summed E-state index contributed by atoms with van der Waals surface area (Å²) >= 11 is 0. The van der Waals surface area contributed by atoms with E-state index in [1.54, 1.807) is 11.9 Å². The Bertz CT molecular complexity index is 1120. The van der Waals surface area contributed by atoms with Gasteiger partial charge in [-0.2, -0.15) is 5.10 Å². The summed E-state index contributed by atoms with van der Waals surface area (Å²) in [6.45, 7) is 5.13. The summed E-state index contributed by atoms with van der Waals surface area (Å²) in [5.74, 6) is 0.126. The molecule has 0 aliphatic carbocycles. The molecule has 0 radical (unpaired) electrons. The Kier molecular flexibility index (Phi) is 6.63. The van der Waals surface area contributed by atoms with Gasteiger partial charge in [-0.05, 0) is 47.9 Å². The zero-order chi connectivity index (χ0) is 23.4. The lowest BCUT2D eigenvalue weighted by molar-refractivity contribution is -0.133. The number of hydrogen-bond donors (Lipinski definition) is 2. The Morgan fingerprint density at radius 1 is 1.09 bits per heavy atom. The lowest BCUT2D eigenvalue weighted by Crippen LogP contribution is -2.54. The van der Waals surface area contributed by atoms with Crippen LogP contribution in [0.1, 0.15) is 54.4 Å². The molecule has 172 valence electrons. The molecule has 1 aromatic heterocycles. The first kappa shape index (κ1) is 22.8. The van der Waals surface area contributed by atoms with E-state index < -0.39 is 5.41 Å². The van der Waals surface area contributed by atoms with Crippen molar-refractivity contribution < 1.29 is 9.59 Å². The molecular formula is C27H32N4O2. The Balaban J connectivity index is 1.59. The zero-order valence-electron chi connectivity index (χ0n) is 19.6. The highest BCUT2D eigenvalue weighted by molar-refractivity contribution is 5.93. The topological polar surface area (TPSA) is 78.1 Å². The van der Waals surface area contributed by atoms with E-state index in [-0.39, 0.29) is 17.7 Å². The maximum Gasteiger partial charge on any atom is 0.274 e. The summed E-state index contributed by atoms with van der Waals surface area (Å²) in [7, 11) is 1.67. The average Bonchev–Trinajstić information content (AvgIpc) is 3.35. The molecule has 1 aliphatic rings. The maximum absolute atomic E-state index is 13.2. The van der Waals surface area contributed by atoms with Gasteiger partial charge in [-0.15, -0.1) is 0 Å². The minimum absolute atomic E-state index is 0.0185. The summed E-state index contributed by atoms with van der Waals surface area (Å²) in [4.78, 5) is 28.2. The molecule has 1 saturated heterocycles. The molecule has 0 spiro atoms. The summed E-state index contributed by atoms with van der Waals surface area (Å²) in [5.41, 5.74) is 4.05. The molecule has 6 heteroatoms. The molecule has 2 amide bonds. The number of benzene rings is 2. The summed E-state index contributed by atoms with van der Waals surface area (Å²) in [6, 6.07) is 20.4. The molecule has 2 N–H and O–H groups in total. The molecule has 0 bridgehead atoms. The fourth-order valence-electron chi connectivity index (χ4n) is 4.77. The molecule has 3 aromatic rings. The average molecular weight is 445 g/mol. The largest absolute Gasteiger partial charge is 0.359 e. The quantitative estimate of drug-likeness (QED) is 0.591. The lowest BCUT2D eigenvalue weighted by Gasteiger charge is -2.41. The van der Waals surface area contributed by atoms with Crippen LogP contribution >= 0.6 is 0 Å². The van der Waals surface area contributed by atoms with Gasteiger partial charge in [0.05, 0.1) is 5.41 Å². The van der Waals surface area contributed by atoms with Gasteiger partial charge in [-0.3, -0.25) is 14.7 Å². The first-order chi connectivity index (χ1) is 15.9. The molecule has 2 heterocycles. The van der Waals surface area contributed by atoms with Gasteiger partial charge in [0.15, 0.2) is 0 Å². The van der Waals surface area contributed by atoms with Crippen molar-refractivity contribution in [2.45, 2.75) is 39.0 Å². The summed E-state index contributed by atoms with van der Waals surface area (Å²) < 4.78 is 0. The van der Waals surface area contributed by atoms with Crippen LogP contribution in [0.25, 0.3) is 11.1 Å². The molecule has 0 unspecified atom stereocenters. The third-order valence-corrected chi connectivity index (χ3v) is 6.59. The molecule has 6 nitrogen and oxygen atoms in total. The Morgan fingerprint density at radius 2 is 1.85 bits per heavy atom. The highest BCUT2D eigenvalue weighted by Gasteiger charge is 2.43. The first-order valence-electron chi connectivity index (χ1n) is 11.6. The highest BCUT2D eigenvalue weighted by atomic mass is 16.2. The summed E-state index contributed by atoms with van der Waals surface area (Å²) in [5, 5.41) is 10.1. The number of piperidine rings is 1. The van der Waals surface area contributed by atoms with Crippen molar-refractivity contribution >= 4 is 11.8 Å². The molecule has 2 aromatic carbocycles. The number of carbonyl (C=O) groups excluding carboxylic acids is 2. The SMILES string of the molecule is CNC(=O)[C@]1(Cc2cccc(-c3ccccc3)c2)CCCN(C(=O)c2cc(C(C)C)[nH]n2)C1. The molecule has 0 saturated carbocycles. The van der Waals surface area contributed by atoms with Crippen LogP contribution in [-0.2, 0) is 11.2 Å². The van der Waals surface area contributed by atoms with Crippen LogP contribution in [0.5, 0.6) is 0 Å². The fraction of sp³-hybridized carbons (Fsp3) is 0.370. The van der Waals surface area contributed by atoms with E-state index in [0.29, 0.717) is 25.2 Å². The van der Waals surface area contributed by atoms with Crippen molar-refractivity contribution in [1.29, 1.82) is 0 Å². The van der Waals surface area contributed by atoms with Gasteiger partial charge in [0.25, 0.3) is 5.91 Å². The molecule has 1 aliphatic heterocycles. The van der Waals surface area contributed by atoms with Gasteiger partial charge >= 0.3 is 0 Å². The number of aromatic nitrogens is 2. The third kappa shape index (κ3) is 4.85. The van der Waals surface area contributed by atoms with Crippen molar-refractivity contribution in [3.63, 3.8) is 0 Å². The second-order valence-corrected chi connectivity index (χ2v) is 9.30. The van der Waals surface area contributed by atoms with Gasteiger partial charge in [-0.25, -0.2) is 0 Å². The van der Waals surface area contributed by atoms with Gasteiger partial charge in [0.1, 0.15) is 5.69 Å². The van der Waals surface area contributed by atoms with E-state index in [1.165, 1.54) is 0 Å². The number of nitrogens with one attached hydrogen (secondary N) is 2. The van der Waals surface area contributed by atoms with Crippen molar-refractivity contribution in [2.75, 3.05) is 20.1 Å². The maximum atomic E-state index is 13.2. The second kappa shape index (κ2) is 9.61. The number of nitrogens with zero attached hydrogens (tertiary/aromatic N) is 2. The van der Waals surface area contributed by atoms with Gasteiger partial charge in [0.2, 0.25) is 5.91 Å². The van der Waals surface area contributed by atoms with Crippen molar-refractivity contribution in [3.05, 3.63) is 77.6 Å². The van der Waals surface area contributed by atoms with E-state index in [4.69, 9.17) is 0 Å². The Morgan fingerprint density at radius 3 is 2.55 bits per heavy atom. The fourth-order valence-corrected chi connectivity index (χ4v) is 4.77. The monoisotopic (exact) mass is 444 g/mol. The lowest BCUT2D eigenvalue weighted by atomic mass is 9.74. The number of hydrogen-bond acceptors (Lipinski definition) is 3. The van der Waals surface area contributed by atoms with Gasteiger partial charge < -0.3 is 10.2 Å². The van der Waals surface area contributed by atoms with E-state index in [9.17, 15) is 9.59 Å². The number of amides is 2. The van der Waals surface area contributed by atoms with Gasteiger partial charge in [0, 0.05) is 25.8 Å². The number of rotatable bonds is 6. The normalized spacial score (nSPS) is 18.4. The van der Waals surface area contributed by atoms with Gasteiger partial charge in [-0.1, -0.05) is 68.4 Å². The smallest absolute Gasteiger partial charge is 0.274 e. The first-order valence-corrected chi connectivity index (χ1v) is 11.6. The molecule has 33 heavy (non-hydrogen) atoms. The predicted octanol–water partition coefficient (Wildman–Crippen LogP) is 4.41. The Labute approximate surface area is 195 Å². The van der Waals surface area contributed by atoms with Crippen LogP contribution in [0.3, 0.4) is 0 Å². The Hall–Kier alpha value is -3.41. The molecule has 1 atom stereocenters. The van der Waals surface area contributed by atoms with E-state index in [0.717, 1.165) is 35.2 Å². The number of H-pyrrole nitrogens is 1. The minimum Gasteiger partial charge on any atom is -0.359 e. The number of aromatic amines is 1. The third-order valence-electron chi connectivity index (χ3n) is 6.59. The van der Waals surface area contributed by atoms with Crippen LogP contribution in [-0.4, -0.2) is 47.0 Å². The number of likely N-dealkylation sites (tertiary alicyclic amines) is 1. The van der Waals surface area contributed by atoms with Crippen molar-refractivity contribution in [1.82, 2.24) is 20.4 Å². The predicted molar refractivity (Wildman–Crippen MR) is 130 cm³/mol. The molecule has 4 rings (SSSR count). The van der Waals surface area contributed by atoms with E-state index in [1.807, 2.05) is 30.3 Å². The van der Waals surface area contributed by atoms with Crippen molar-refractivity contribution in [2.24, 2.45) is 5.41 Å². The number of carbonyl (C=O) groups is 2. The van der Waals surface area contributed by atoms with Crippen LogP contribution in [0, 0.1) is 5.41 Å².